The van der Waals surface area contributed by atoms with Crippen LogP contribution in [0.2, 0.25) is 0 Å². The number of hydrogen-bond donors (Lipinski definition) is 0. The van der Waals surface area contributed by atoms with Crippen molar-refractivity contribution in [2.45, 2.75) is 44.2 Å². The van der Waals surface area contributed by atoms with E-state index < -0.39 is 0 Å². The van der Waals surface area contributed by atoms with Crippen LogP contribution in [0.5, 0.6) is 0 Å². The molecule has 3 rings (SSSR count). The maximum absolute atomic E-state index is 12.6. The predicted molar refractivity (Wildman–Crippen MR) is 97.3 cm³/mol. The molecule has 1 amide bonds. The number of carbonyl (C=O) groups is 1. The fourth-order valence-corrected chi connectivity index (χ4v) is 4.08. The van der Waals surface area contributed by atoms with Gasteiger partial charge in [-0.15, -0.1) is 0 Å². The Morgan fingerprint density at radius 1 is 1.36 bits per heavy atom. The van der Waals surface area contributed by atoms with E-state index in [2.05, 4.69) is 11.1 Å². The number of nitriles is 1. The minimum atomic E-state index is 0.0675. The Hall–Kier alpha value is -2.04. The van der Waals surface area contributed by atoms with Crippen LogP contribution < -0.4 is 0 Å². The Balaban J connectivity index is 1.72. The van der Waals surface area contributed by atoms with Gasteiger partial charge >= 0.3 is 0 Å². The summed E-state index contributed by atoms with van der Waals surface area (Å²) in [6, 6.07) is 10.0. The lowest BCUT2D eigenvalue weighted by Gasteiger charge is -2.35. The van der Waals surface area contributed by atoms with Gasteiger partial charge in [0, 0.05) is 19.6 Å². The fraction of sp³-hybridized carbons (Fsp3) is 0.500. The van der Waals surface area contributed by atoms with Gasteiger partial charge < -0.3 is 14.2 Å². The number of thioether (sulfide) groups is 1. The van der Waals surface area contributed by atoms with Crippen molar-refractivity contribution in [1.82, 2.24) is 14.5 Å². The van der Waals surface area contributed by atoms with Crippen molar-refractivity contribution in [3.8, 4) is 6.07 Å². The second-order valence-corrected chi connectivity index (χ2v) is 7.23. The van der Waals surface area contributed by atoms with Crippen molar-refractivity contribution >= 4 is 28.7 Å². The number of aromatic nitrogens is 2. The van der Waals surface area contributed by atoms with Gasteiger partial charge in [-0.3, -0.25) is 4.79 Å². The first-order valence-corrected chi connectivity index (χ1v) is 9.45. The van der Waals surface area contributed by atoms with Crippen LogP contribution in [0.25, 0.3) is 11.0 Å². The second kappa shape index (κ2) is 7.89. The topological polar surface area (TPSA) is 71.2 Å². The minimum absolute atomic E-state index is 0.0675. The zero-order valence-corrected chi connectivity index (χ0v) is 15.3. The van der Waals surface area contributed by atoms with Crippen LogP contribution in [0.4, 0.5) is 0 Å². The number of aryl methyl sites for hydroxylation is 1. The molecule has 0 bridgehead atoms. The summed E-state index contributed by atoms with van der Waals surface area (Å²) in [5.41, 5.74) is 1.89. The molecule has 1 fully saturated rings. The number of fused-ring (bicyclic) bond motifs is 1. The second-order valence-electron chi connectivity index (χ2n) is 6.29. The molecule has 1 aromatic heterocycles. The number of benzene rings is 1. The zero-order chi connectivity index (χ0) is 17.8. The van der Waals surface area contributed by atoms with Gasteiger partial charge in [-0.05, 0) is 26.0 Å². The van der Waals surface area contributed by atoms with Crippen LogP contribution in [0, 0.1) is 11.3 Å². The van der Waals surface area contributed by atoms with Crippen LogP contribution in [0.1, 0.15) is 20.3 Å². The number of carbonyl (C=O) groups excluding carboxylic acids is 1. The molecule has 2 heterocycles. The lowest BCUT2D eigenvalue weighted by molar-refractivity contribution is -0.140. The normalized spacial score (nSPS) is 20.6. The Morgan fingerprint density at radius 2 is 2.08 bits per heavy atom. The van der Waals surface area contributed by atoms with E-state index in [1.165, 1.54) is 11.8 Å². The number of hydrogen-bond acceptors (Lipinski definition) is 5. The van der Waals surface area contributed by atoms with Crippen molar-refractivity contribution in [2.24, 2.45) is 0 Å². The molecule has 0 unspecified atom stereocenters. The number of ether oxygens (including phenoxy) is 1. The summed E-state index contributed by atoms with van der Waals surface area (Å²) in [6.07, 6.45) is 0.552. The van der Waals surface area contributed by atoms with Gasteiger partial charge in [0.1, 0.15) is 0 Å². The molecule has 1 saturated heterocycles. The molecule has 25 heavy (non-hydrogen) atoms. The van der Waals surface area contributed by atoms with Gasteiger partial charge in [-0.25, -0.2) is 4.98 Å². The van der Waals surface area contributed by atoms with Crippen molar-refractivity contribution in [3.05, 3.63) is 24.3 Å². The van der Waals surface area contributed by atoms with Crippen molar-refractivity contribution in [3.63, 3.8) is 0 Å². The fourth-order valence-electron chi connectivity index (χ4n) is 3.14. The number of amides is 1. The first-order valence-electron chi connectivity index (χ1n) is 8.46. The molecule has 0 spiro atoms. The monoisotopic (exact) mass is 358 g/mol. The smallest absolute Gasteiger partial charge is 0.233 e. The highest BCUT2D eigenvalue weighted by Gasteiger charge is 2.26. The zero-order valence-electron chi connectivity index (χ0n) is 14.5. The lowest BCUT2D eigenvalue weighted by atomic mass is 10.2. The van der Waals surface area contributed by atoms with Crippen LogP contribution in [-0.4, -0.2) is 51.4 Å². The van der Waals surface area contributed by atoms with Gasteiger partial charge in [0.15, 0.2) is 5.16 Å². The lowest BCUT2D eigenvalue weighted by Crippen LogP contribution is -2.48. The third-order valence-electron chi connectivity index (χ3n) is 4.16. The molecule has 6 nitrogen and oxygen atoms in total. The summed E-state index contributed by atoms with van der Waals surface area (Å²) < 4.78 is 7.71. The quantitative estimate of drug-likeness (QED) is 0.769. The molecule has 1 aliphatic heterocycles. The van der Waals surface area contributed by atoms with Crippen molar-refractivity contribution < 1.29 is 9.53 Å². The van der Waals surface area contributed by atoms with Gasteiger partial charge in [-0.2, -0.15) is 5.26 Å². The summed E-state index contributed by atoms with van der Waals surface area (Å²) in [6.45, 7) is 5.83. The largest absolute Gasteiger partial charge is 0.372 e. The summed E-state index contributed by atoms with van der Waals surface area (Å²) in [7, 11) is 0. The van der Waals surface area contributed by atoms with E-state index in [4.69, 9.17) is 10.00 Å². The average molecular weight is 358 g/mol. The number of morpholine rings is 1. The standard InChI is InChI=1S/C18H22N4O2S/c1-13-10-21(11-14(2)24-13)17(23)12-25-18-20-15-6-3-4-7-16(15)22(18)9-5-8-19/h3-4,6-7,13-14H,5,9-12H2,1-2H3/t13-,14-/m0/s1. The van der Waals surface area contributed by atoms with E-state index in [9.17, 15) is 4.79 Å². The summed E-state index contributed by atoms with van der Waals surface area (Å²) >= 11 is 1.44. The Bertz CT molecular complexity index is 788. The van der Waals surface area contributed by atoms with E-state index in [0.717, 1.165) is 16.2 Å². The Labute approximate surface area is 151 Å². The summed E-state index contributed by atoms with van der Waals surface area (Å²) in [5, 5.41) is 9.69. The van der Waals surface area contributed by atoms with E-state index in [1.807, 2.05) is 47.6 Å². The number of imidazole rings is 1. The Kier molecular flexibility index (Phi) is 5.61. The molecule has 0 aliphatic carbocycles. The van der Waals surface area contributed by atoms with Gasteiger partial charge in [-0.1, -0.05) is 23.9 Å². The highest BCUT2D eigenvalue weighted by Crippen LogP contribution is 2.25. The first-order chi connectivity index (χ1) is 12.1. The van der Waals surface area contributed by atoms with Crippen molar-refractivity contribution in [2.75, 3.05) is 18.8 Å². The number of para-hydroxylation sites is 2. The molecule has 7 heteroatoms. The summed E-state index contributed by atoms with van der Waals surface area (Å²) in [4.78, 5) is 19.1. The van der Waals surface area contributed by atoms with Crippen LogP contribution in [0.3, 0.4) is 0 Å². The third-order valence-corrected chi connectivity index (χ3v) is 5.12. The maximum atomic E-state index is 12.6. The molecule has 2 aromatic rings. The molecule has 132 valence electrons. The molecule has 0 saturated carbocycles. The molecule has 0 radical (unpaired) electrons. The minimum Gasteiger partial charge on any atom is -0.372 e. The molecule has 1 aromatic carbocycles. The highest BCUT2D eigenvalue weighted by atomic mass is 32.2. The maximum Gasteiger partial charge on any atom is 0.233 e. The number of nitrogens with zero attached hydrogens (tertiary/aromatic N) is 4. The van der Waals surface area contributed by atoms with Gasteiger partial charge in [0.25, 0.3) is 0 Å². The van der Waals surface area contributed by atoms with Crippen LogP contribution in [-0.2, 0) is 16.1 Å². The Morgan fingerprint density at radius 3 is 2.80 bits per heavy atom. The van der Waals surface area contributed by atoms with E-state index in [1.54, 1.807) is 0 Å². The van der Waals surface area contributed by atoms with E-state index >= 15 is 0 Å². The summed E-state index contributed by atoms with van der Waals surface area (Å²) in [5.74, 6) is 0.445. The molecular formula is C18H22N4O2S. The molecule has 0 N–H and O–H groups in total. The number of rotatable bonds is 5. The third kappa shape index (κ3) is 4.14. The molecule has 1 aliphatic rings. The average Bonchev–Trinajstić information content (AvgIpc) is 2.94. The van der Waals surface area contributed by atoms with Crippen LogP contribution >= 0.6 is 11.8 Å². The van der Waals surface area contributed by atoms with Crippen molar-refractivity contribution in [1.29, 1.82) is 5.26 Å². The van der Waals surface area contributed by atoms with E-state index in [0.29, 0.717) is 31.8 Å². The van der Waals surface area contributed by atoms with Gasteiger partial charge in [0.2, 0.25) is 5.91 Å². The molecule has 2 atom stereocenters. The predicted octanol–water partition coefficient (Wildman–Crippen LogP) is 2.68. The molecular weight excluding hydrogens is 336 g/mol. The van der Waals surface area contributed by atoms with Crippen LogP contribution in [0.15, 0.2) is 29.4 Å². The first kappa shape index (κ1) is 17.8. The van der Waals surface area contributed by atoms with E-state index in [-0.39, 0.29) is 18.1 Å². The SMILES string of the molecule is C[C@H]1CN(C(=O)CSc2nc3ccccc3n2CCC#N)C[C@H](C)O1. The van der Waals surface area contributed by atoms with Gasteiger partial charge in [0.05, 0.1) is 41.5 Å². The highest BCUT2D eigenvalue weighted by molar-refractivity contribution is 7.99.